The molecule has 4 heteroatoms. The Kier molecular flexibility index (Phi) is 5.36. The molecule has 0 saturated carbocycles. The molecule has 0 atom stereocenters. The van der Waals surface area contributed by atoms with Crippen molar-refractivity contribution in [2.75, 3.05) is 13.6 Å². The molecule has 1 aromatic carbocycles. The van der Waals surface area contributed by atoms with Crippen LogP contribution in [0.25, 0.3) is 0 Å². The van der Waals surface area contributed by atoms with E-state index in [0.29, 0.717) is 13.1 Å². The van der Waals surface area contributed by atoms with E-state index in [1.54, 1.807) is 11.9 Å². The fourth-order valence-corrected chi connectivity index (χ4v) is 1.57. The van der Waals surface area contributed by atoms with Crippen LogP contribution in [-0.4, -0.2) is 30.2 Å². The van der Waals surface area contributed by atoms with Crippen LogP contribution in [0.2, 0.25) is 0 Å². The lowest BCUT2D eigenvalue weighted by Gasteiger charge is -2.24. The summed E-state index contributed by atoms with van der Waals surface area (Å²) in [4.78, 5) is 13.4. The van der Waals surface area contributed by atoms with Gasteiger partial charge in [0.15, 0.2) is 0 Å². The number of amides is 1. The Morgan fingerprint density at radius 3 is 2.21 bits per heavy atom. The molecule has 1 aromatic rings. The fraction of sp³-hybridized carbons (Fsp3) is 0.533. The molecule has 0 radical (unpaired) electrons. The van der Waals surface area contributed by atoms with Crippen molar-refractivity contribution in [1.82, 2.24) is 4.90 Å². The summed E-state index contributed by atoms with van der Waals surface area (Å²) in [5, 5.41) is 0. The second kappa shape index (κ2) is 6.57. The lowest BCUT2D eigenvalue weighted by Crippen LogP contribution is -2.35. The van der Waals surface area contributed by atoms with Gasteiger partial charge in [-0.1, -0.05) is 24.3 Å². The molecule has 1 rings (SSSR count). The smallest absolute Gasteiger partial charge is 0.410 e. The largest absolute Gasteiger partial charge is 0.444 e. The highest BCUT2D eigenvalue weighted by molar-refractivity contribution is 5.67. The van der Waals surface area contributed by atoms with Crippen LogP contribution in [0.5, 0.6) is 0 Å². The van der Waals surface area contributed by atoms with Gasteiger partial charge in [0, 0.05) is 20.1 Å². The molecule has 1 amide bonds. The summed E-state index contributed by atoms with van der Waals surface area (Å²) >= 11 is 0. The first-order valence-corrected chi connectivity index (χ1v) is 6.54. The molecule has 0 saturated heterocycles. The zero-order valence-electron chi connectivity index (χ0n) is 12.3. The molecule has 0 fully saturated rings. The number of likely N-dealkylation sites (N-methyl/N-ethyl adjacent to an activating group) is 1. The molecule has 0 spiro atoms. The van der Waals surface area contributed by atoms with Gasteiger partial charge in [0.1, 0.15) is 5.60 Å². The van der Waals surface area contributed by atoms with Gasteiger partial charge in [-0.3, -0.25) is 0 Å². The van der Waals surface area contributed by atoms with E-state index in [2.05, 4.69) is 0 Å². The Balaban J connectivity index is 2.44. The van der Waals surface area contributed by atoms with Crippen LogP contribution in [0.4, 0.5) is 4.79 Å². The number of nitrogens with two attached hydrogens (primary N) is 1. The van der Waals surface area contributed by atoms with Crippen LogP contribution in [0.15, 0.2) is 24.3 Å². The molecular weight excluding hydrogens is 240 g/mol. The molecule has 0 unspecified atom stereocenters. The van der Waals surface area contributed by atoms with Gasteiger partial charge in [-0.2, -0.15) is 0 Å². The first-order chi connectivity index (χ1) is 8.81. The van der Waals surface area contributed by atoms with Crippen molar-refractivity contribution < 1.29 is 9.53 Å². The maximum atomic E-state index is 11.8. The predicted molar refractivity (Wildman–Crippen MR) is 76.9 cm³/mol. The second-order valence-electron chi connectivity index (χ2n) is 5.67. The summed E-state index contributed by atoms with van der Waals surface area (Å²) in [6.07, 6.45) is 0.520. The number of carbonyl (C=O) groups excluding carboxylic acids is 1. The van der Waals surface area contributed by atoms with Crippen molar-refractivity contribution in [1.29, 1.82) is 0 Å². The maximum Gasteiger partial charge on any atom is 0.410 e. The Bertz CT molecular complexity index is 407. The summed E-state index contributed by atoms with van der Waals surface area (Å²) in [5.74, 6) is 0. The molecule has 2 N–H and O–H groups in total. The van der Waals surface area contributed by atoms with Gasteiger partial charge < -0.3 is 15.4 Å². The first-order valence-electron chi connectivity index (χ1n) is 6.54. The zero-order chi connectivity index (χ0) is 14.5. The van der Waals surface area contributed by atoms with Crippen LogP contribution < -0.4 is 5.73 Å². The van der Waals surface area contributed by atoms with Crippen LogP contribution in [-0.2, 0) is 17.7 Å². The predicted octanol–water partition coefficient (Wildman–Crippen LogP) is 2.55. The van der Waals surface area contributed by atoms with E-state index in [9.17, 15) is 4.79 Å². The number of nitrogens with zero attached hydrogens (tertiary/aromatic N) is 1. The van der Waals surface area contributed by atoms with Gasteiger partial charge in [0.05, 0.1) is 0 Å². The second-order valence-corrected chi connectivity index (χ2v) is 5.67. The Hall–Kier alpha value is -1.55. The molecular formula is C15H24N2O2. The van der Waals surface area contributed by atoms with Crippen molar-refractivity contribution >= 4 is 6.09 Å². The third-order valence-corrected chi connectivity index (χ3v) is 2.70. The van der Waals surface area contributed by atoms with Crippen LogP contribution >= 0.6 is 0 Å². The highest BCUT2D eigenvalue weighted by atomic mass is 16.6. The topological polar surface area (TPSA) is 55.6 Å². The number of benzene rings is 1. The van der Waals surface area contributed by atoms with Crippen LogP contribution in [0, 0.1) is 0 Å². The quantitative estimate of drug-likeness (QED) is 0.909. The minimum absolute atomic E-state index is 0.286. The minimum Gasteiger partial charge on any atom is -0.444 e. The van der Waals surface area contributed by atoms with Crippen molar-refractivity contribution in [2.45, 2.75) is 39.3 Å². The average molecular weight is 264 g/mol. The Morgan fingerprint density at radius 2 is 1.74 bits per heavy atom. The SMILES string of the molecule is CN(CCc1ccc(CN)cc1)C(=O)OC(C)(C)C. The van der Waals surface area contributed by atoms with E-state index in [0.717, 1.165) is 12.0 Å². The maximum absolute atomic E-state index is 11.8. The molecule has 4 nitrogen and oxygen atoms in total. The first kappa shape index (κ1) is 15.5. The fourth-order valence-electron chi connectivity index (χ4n) is 1.57. The summed E-state index contributed by atoms with van der Waals surface area (Å²) in [7, 11) is 1.75. The molecule has 106 valence electrons. The lowest BCUT2D eigenvalue weighted by atomic mass is 10.1. The van der Waals surface area contributed by atoms with Gasteiger partial charge in [-0.05, 0) is 38.3 Å². The monoisotopic (exact) mass is 264 g/mol. The van der Waals surface area contributed by atoms with Crippen LogP contribution in [0.3, 0.4) is 0 Å². The molecule has 0 bridgehead atoms. The number of carbonyl (C=O) groups is 1. The van der Waals surface area contributed by atoms with Crippen molar-refractivity contribution in [3.63, 3.8) is 0 Å². The van der Waals surface area contributed by atoms with Gasteiger partial charge in [0.2, 0.25) is 0 Å². The van der Waals surface area contributed by atoms with Gasteiger partial charge >= 0.3 is 6.09 Å². The normalized spacial score (nSPS) is 11.2. The molecule has 0 aliphatic carbocycles. The summed E-state index contributed by atoms with van der Waals surface area (Å²) in [5.41, 5.74) is 7.40. The highest BCUT2D eigenvalue weighted by Gasteiger charge is 2.19. The number of hydrogen-bond acceptors (Lipinski definition) is 3. The summed E-state index contributed by atoms with van der Waals surface area (Å²) in [6, 6.07) is 8.13. The van der Waals surface area contributed by atoms with Gasteiger partial charge in [-0.15, -0.1) is 0 Å². The molecule has 0 heterocycles. The Labute approximate surface area is 115 Å². The van der Waals surface area contributed by atoms with E-state index >= 15 is 0 Å². The highest BCUT2D eigenvalue weighted by Crippen LogP contribution is 2.10. The minimum atomic E-state index is -0.450. The van der Waals surface area contributed by atoms with Gasteiger partial charge in [0.25, 0.3) is 0 Å². The van der Waals surface area contributed by atoms with E-state index in [1.165, 1.54) is 5.56 Å². The summed E-state index contributed by atoms with van der Waals surface area (Å²) < 4.78 is 5.29. The standard InChI is InChI=1S/C15H24N2O2/c1-15(2,3)19-14(18)17(4)10-9-12-5-7-13(11-16)8-6-12/h5-8H,9-11,16H2,1-4H3. The van der Waals surface area contributed by atoms with Crippen molar-refractivity contribution in [2.24, 2.45) is 5.73 Å². The molecule has 19 heavy (non-hydrogen) atoms. The third kappa shape index (κ3) is 5.75. The van der Waals surface area contributed by atoms with Crippen LogP contribution in [0.1, 0.15) is 31.9 Å². The number of ether oxygens (including phenoxy) is 1. The van der Waals surface area contributed by atoms with Gasteiger partial charge in [-0.25, -0.2) is 4.79 Å². The lowest BCUT2D eigenvalue weighted by molar-refractivity contribution is 0.0301. The molecule has 0 aliphatic heterocycles. The molecule has 0 aromatic heterocycles. The van der Waals surface area contributed by atoms with Crippen molar-refractivity contribution in [3.8, 4) is 0 Å². The van der Waals surface area contributed by atoms with E-state index < -0.39 is 5.60 Å². The summed E-state index contributed by atoms with van der Waals surface area (Å²) in [6.45, 7) is 6.79. The third-order valence-electron chi connectivity index (χ3n) is 2.70. The number of hydrogen-bond donors (Lipinski definition) is 1. The zero-order valence-corrected chi connectivity index (χ0v) is 12.3. The molecule has 0 aliphatic rings. The van der Waals surface area contributed by atoms with E-state index in [1.807, 2.05) is 45.0 Å². The average Bonchev–Trinajstić information content (AvgIpc) is 2.34. The van der Waals surface area contributed by atoms with E-state index in [-0.39, 0.29) is 6.09 Å². The van der Waals surface area contributed by atoms with E-state index in [4.69, 9.17) is 10.5 Å². The number of rotatable bonds is 4. The van der Waals surface area contributed by atoms with Crippen molar-refractivity contribution in [3.05, 3.63) is 35.4 Å². The Morgan fingerprint density at radius 1 is 1.21 bits per heavy atom.